The van der Waals surface area contributed by atoms with Gasteiger partial charge in [-0.1, -0.05) is 6.42 Å². The Morgan fingerprint density at radius 3 is 2.09 bits per heavy atom. The van der Waals surface area contributed by atoms with E-state index in [0.29, 0.717) is 21.4 Å². The van der Waals surface area contributed by atoms with Gasteiger partial charge in [-0.05, 0) is 0 Å². The standard InChI is InChI=1S/C24H24Cl2N3O2.3C4H9.Sn/c1-31-15-19-22(24(30)27-18-10-6-3-7-11-18)28-29(21-13-12-17(25)14-20(21)26)23(19)16-8-4-2-5-9-16;3*1-3-4-2;/h4-5,8-9,12-14,18H,3,6-7,10-11,15H2,1H3,(H,27,30);3*1,3-4H2,2H3;. The van der Waals surface area contributed by atoms with Crippen LogP contribution in [0.4, 0.5) is 0 Å². The van der Waals surface area contributed by atoms with Crippen LogP contribution < -0.4 is 8.90 Å². The SMILES string of the molecule is CCC[CH2][Sn]([CH2]CCC)([CH2]CCC)[c]1ccc(-c2c(COC)c(C(=O)NC3CCCCC3)nn2-c2ccc(Cl)cc2Cl)cc1. The molecule has 1 heterocycles. The average molecular weight is 747 g/mol. The van der Waals surface area contributed by atoms with E-state index in [2.05, 4.69) is 50.4 Å². The van der Waals surface area contributed by atoms with Crippen molar-refractivity contribution in [3.05, 3.63) is 63.8 Å². The van der Waals surface area contributed by atoms with Gasteiger partial charge in [-0.2, -0.15) is 0 Å². The van der Waals surface area contributed by atoms with Crippen molar-refractivity contribution in [2.75, 3.05) is 7.11 Å². The molecular formula is C36H51Cl2N3O2Sn. The number of benzene rings is 2. The fraction of sp³-hybridized carbons (Fsp3) is 0.556. The van der Waals surface area contributed by atoms with Gasteiger partial charge in [0.15, 0.2) is 0 Å². The third-order valence-electron chi connectivity index (χ3n) is 9.36. The number of carbonyl (C=O) groups is 1. The van der Waals surface area contributed by atoms with Crippen LogP contribution in [0.25, 0.3) is 16.9 Å². The van der Waals surface area contributed by atoms with Gasteiger partial charge in [-0.15, -0.1) is 0 Å². The number of nitrogens with zero attached hydrogens (tertiary/aromatic N) is 2. The van der Waals surface area contributed by atoms with Gasteiger partial charge in [0.25, 0.3) is 0 Å². The van der Waals surface area contributed by atoms with Gasteiger partial charge in [0.05, 0.1) is 0 Å². The van der Waals surface area contributed by atoms with E-state index in [0.717, 1.165) is 42.5 Å². The number of halogens is 2. The summed E-state index contributed by atoms with van der Waals surface area (Å²) in [6, 6.07) is 14.9. The fourth-order valence-corrected chi connectivity index (χ4v) is 23.3. The predicted octanol–water partition coefficient (Wildman–Crippen LogP) is 10.1. The van der Waals surface area contributed by atoms with Gasteiger partial charge in [0.1, 0.15) is 0 Å². The van der Waals surface area contributed by atoms with Crippen LogP contribution >= 0.6 is 23.2 Å². The van der Waals surface area contributed by atoms with Crippen molar-refractivity contribution in [2.24, 2.45) is 0 Å². The molecule has 0 radical (unpaired) electrons. The Labute approximate surface area is 279 Å². The maximum atomic E-state index is 13.8. The molecule has 1 aliphatic carbocycles. The molecule has 1 saturated carbocycles. The minimum absolute atomic E-state index is 0.153. The Hall–Kier alpha value is -1.54. The van der Waals surface area contributed by atoms with E-state index in [1.54, 1.807) is 16.8 Å². The summed E-state index contributed by atoms with van der Waals surface area (Å²) in [5.74, 6) is -0.153. The second kappa shape index (κ2) is 17.4. The number of amides is 1. The number of rotatable bonds is 16. The van der Waals surface area contributed by atoms with Crippen molar-refractivity contribution < 1.29 is 9.53 Å². The molecule has 0 bridgehead atoms. The first-order valence-corrected chi connectivity index (χ1v) is 25.1. The predicted molar refractivity (Wildman–Crippen MR) is 189 cm³/mol. The summed E-state index contributed by atoms with van der Waals surface area (Å²) in [7, 11) is 1.67. The van der Waals surface area contributed by atoms with Gasteiger partial charge >= 0.3 is 274 Å². The van der Waals surface area contributed by atoms with Crippen LogP contribution in [-0.2, 0) is 11.3 Å². The molecule has 8 heteroatoms. The van der Waals surface area contributed by atoms with Gasteiger partial charge in [-0.25, -0.2) is 0 Å². The zero-order chi connectivity index (χ0) is 31.5. The van der Waals surface area contributed by atoms with Crippen molar-refractivity contribution in [2.45, 2.75) is 117 Å². The minimum atomic E-state index is -2.61. The van der Waals surface area contributed by atoms with E-state index in [4.69, 9.17) is 33.0 Å². The van der Waals surface area contributed by atoms with E-state index in [9.17, 15) is 4.79 Å². The fourth-order valence-electron chi connectivity index (χ4n) is 6.87. The van der Waals surface area contributed by atoms with Crippen molar-refractivity contribution in [3.8, 4) is 16.9 Å². The van der Waals surface area contributed by atoms with Crippen LogP contribution in [0.2, 0.25) is 23.4 Å². The molecule has 44 heavy (non-hydrogen) atoms. The normalized spacial score (nSPS) is 14.2. The van der Waals surface area contributed by atoms with E-state index in [-0.39, 0.29) is 18.6 Å². The quantitative estimate of drug-likeness (QED) is 0.149. The number of ether oxygens (including phenoxy) is 1. The summed E-state index contributed by atoms with van der Waals surface area (Å²) in [4.78, 5) is 13.8. The zero-order valence-electron chi connectivity index (χ0n) is 27.2. The molecule has 0 unspecified atom stereocenters. The number of hydrogen-bond donors (Lipinski definition) is 1. The van der Waals surface area contributed by atoms with Crippen molar-refractivity contribution in [3.63, 3.8) is 0 Å². The number of carbonyl (C=O) groups excluding carboxylic acids is 1. The van der Waals surface area contributed by atoms with Crippen LogP contribution in [0, 0.1) is 0 Å². The van der Waals surface area contributed by atoms with Crippen LogP contribution in [0.1, 0.15) is 107 Å². The Morgan fingerprint density at radius 2 is 1.55 bits per heavy atom. The number of nitrogens with one attached hydrogen (secondary N) is 1. The summed E-state index contributed by atoms with van der Waals surface area (Å²) >= 11 is 10.4. The molecule has 1 aliphatic rings. The Kier molecular flexibility index (Phi) is 14.0. The van der Waals surface area contributed by atoms with Gasteiger partial charge in [0.2, 0.25) is 0 Å². The monoisotopic (exact) mass is 747 g/mol. The van der Waals surface area contributed by atoms with Gasteiger partial charge in [0, 0.05) is 0 Å². The molecule has 0 saturated heterocycles. The molecule has 2 aromatic carbocycles. The molecule has 1 N–H and O–H groups in total. The van der Waals surface area contributed by atoms with Crippen molar-refractivity contribution >= 4 is 51.1 Å². The summed E-state index contributed by atoms with van der Waals surface area (Å²) in [5.41, 5.74) is 3.71. The maximum absolute atomic E-state index is 13.8. The number of methoxy groups -OCH3 is 1. The van der Waals surface area contributed by atoms with Gasteiger partial charge < -0.3 is 0 Å². The van der Waals surface area contributed by atoms with Crippen LogP contribution in [0.5, 0.6) is 0 Å². The molecule has 0 atom stereocenters. The van der Waals surface area contributed by atoms with Crippen molar-refractivity contribution in [1.29, 1.82) is 0 Å². The molecule has 1 fully saturated rings. The third kappa shape index (κ3) is 8.63. The molecule has 240 valence electrons. The van der Waals surface area contributed by atoms with Crippen molar-refractivity contribution in [1.82, 2.24) is 15.1 Å². The molecule has 4 rings (SSSR count). The third-order valence-corrected chi connectivity index (χ3v) is 25.6. The molecule has 0 aliphatic heterocycles. The first-order valence-electron chi connectivity index (χ1n) is 16.8. The zero-order valence-corrected chi connectivity index (χ0v) is 31.6. The van der Waals surface area contributed by atoms with E-state index >= 15 is 0 Å². The van der Waals surface area contributed by atoms with E-state index in [1.165, 1.54) is 58.3 Å². The molecular weight excluding hydrogens is 696 g/mol. The van der Waals surface area contributed by atoms with Gasteiger partial charge in [-0.3, -0.25) is 0 Å². The summed E-state index contributed by atoms with van der Waals surface area (Å²) in [6.45, 7) is 7.23. The first-order chi connectivity index (χ1) is 21.4. The Balaban J connectivity index is 1.83. The Morgan fingerprint density at radius 1 is 0.932 bits per heavy atom. The summed E-state index contributed by atoms with van der Waals surface area (Å²) < 4.78 is 13.4. The second-order valence-corrected chi connectivity index (χ2v) is 26.7. The average Bonchev–Trinajstić information content (AvgIpc) is 3.40. The Bertz CT molecular complexity index is 1330. The van der Waals surface area contributed by atoms with Crippen LogP contribution in [0.15, 0.2) is 42.5 Å². The summed E-state index contributed by atoms with van der Waals surface area (Å²) in [6.07, 6.45) is 13.3. The van der Waals surface area contributed by atoms with Crippen LogP contribution in [-0.4, -0.2) is 47.2 Å². The molecule has 1 aromatic heterocycles. The topological polar surface area (TPSA) is 56.1 Å². The molecule has 1 amide bonds. The number of aromatic nitrogens is 2. The first kappa shape index (κ1) is 35.3. The van der Waals surface area contributed by atoms with E-state index in [1.807, 2.05) is 16.8 Å². The summed E-state index contributed by atoms with van der Waals surface area (Å²) in [5, 5.41) is 9.24. The van der Waals surface area contributed by atoms with E-state index < -0.39 is 18.4 Å². The number of hydrogen-bond acceptors (Lipinski definition) is 3. The number of unbranched alkanes of at least 4 members (excludes halogenated alkanes) is 3. The molecule has 5 nitrogen and oxygen atoms in total. The second-order valence-electron chi connectivity index (χ2n) is 12.6. The van der Waals surface area contributed by atoms with Crippen LogP contribution in [0.3, 0.4) is 0 Å². The molecule has 3 aromatic rings. The molecule has 0 spiro atoms.